The minimum absolute atomic E-state index is 0.656. The Hall–Kier alpha value is -1.75. The molecule has 0 aliphatic carbocycles. The summed E-state index contributed by atoms with van der Waals surface area (Å²) in [6.45, 7) is 8.47. The molecule has 0 aromatic heterocycles. The van der Waals surface area contributed by atoms with Gasteiger partial charge in [-0.1, -0.05) is 25.5 Å². The average Bonchev–Trinajstić information content (AvgIpc) is 2.56. The number of ether oxygens (including phenoxy) is 1. The molecule has 5 nitrogen and oxygen atoms in total. The lowest BCUT2D eigenvalue weighted by atomic mass is 10.2. The van der Waals surface area contributed by atoms with Crippen LogP contribution in [0.15, 0.2) is 29.3 Å². The molecule has 0 saturated heterocycles. The van der Waals surface area contributed by atoms with Gasteiger partial charge in [0.25, 0.3) is 0 Å². The van der Waals surface area contributed by atoms with Crippen LogP contribution in [0.2, 0.25) is 0 Å². The topological polar surface area (TPSA) is 40.1 Å². The van der Waals surface area contributed by atoms with Gasteiger partial charge in [-0.2, -0.15) is 0 Å². The number of benzene rings is 1. The van der Waals surface area contributed by atoms with Gasteiger partial charge in [-0.3, -0.25) is 0 Å². The molecule has 0 heterocycles. The van der Waals surface area contributed by atoms with Crippen LogP contribution < -0.4 is 10.1 Å². The highest BCUT2D eigenvalue weighted by molar-refractivity contribution is 5.79. The highest BCUT2D eigenvalue weighted by Gasteiger charge is 2.05. The van der Waals surface area contributed by atoms with Gasteiger partial charge in [-0.05, 0) is 45.1 Å². The Labute approximate surface area is 147 Å². The first-order chi connectivity index (χ1) is 11.6. The normalized spacial score (nSPS) is 11.7. The van der Waals surface area contributed by atoms with E-state index < -0.39 is 0 Å². The first kappa shape index (κ1) is 20.3. The van der Waals surface area contributed by atoms with E-state index in [9.17, 15) is 0 Å². The van der Waals surface area contributed by atoms with Gasteiger partial charge in [0.05, 0.1) is 6.54 Å². The number of aliphatic imine (C=N–C) groups is 1. The third-order valence-corrected chi connectivity index (χ3v) is 3.66. The summed E-state index contributed by atoms with van der Waals surface area (Å²) in [5.74, 6) is 1.87. The first-order valence-electron chi connectivity index (χ1n) is 8.92. The number of hydrogen-bond acceptors (Lipinski definition) is 3. The van der Waals surface area contributed by atoms with Crippen molar-refractivity contribution >= 4 is 5.96 Å². The maximum Gasteiger partial charge on any atom is 0.193 e. The molecule has 1 aromatic carbocycles. The standard InChI is InChI=1S/C19H34N4O/c1-6-8-12-23(5)19(20-7-2)21-16-17-10-9-11-18(15-17)24-14-13-22(3)4/h9-11,15H,6-8,12-14,16H2,1-5H3,(H,20,21). The lowest BCUT2D eigenvalue weighted by Crippen LogP contribution is -2.39. The van der Waals surface area contributed by atoms with Crippen LogP contribution in [0.4, 0.5) is 0 Å². The zero-order valence-electron chi connectivity index (χ0n) is 16.0. The van der Waals surface area contributed by atoms with Gasteiger partial charge in [0.15, 0.2) is 5.96 Å². The summed E-state index contributed by atoms with van der Waals surface area (Å²) in [4.78, 5) is 9.07. The van der Waals surface area contributed by atoms with Gasteiger partial charge in [-0.25, -0.2) is 4.99 Å². The maximum atomic E-state index is 5.80. The number of hydrogen-bond donors (Lipinski definition) is 1. The molecule has 136 valence electrons. The molecule has 5 heteroatoms. The summed E-state index contributed by atoms with van der Waals surface area (Å²) < 4.78 is 5.80. The fourth-order valence-corrected chi connectivity index (χ4v) is 2.22. The number of likely N-dealkylation sites (N-methyl/N-ethyl adjacent to an activating group) is 1. The molecular weight excluding hydrogens is 300 g/mol. The predicted molar refractivity (Wildman–Crippen MR) is 103 cm³/mol. The van der Waals surface area contributed by atoms with Crippen LogP contribution in [0.25, 0.3) is 0 Å². The van der Waals surface area contributed by atoms with Crippen LogP contribution in [0.1, 0.15) is 32.3 Å². The molecule has 0 aliphatic rings. The molecule has 1 N–H and O–H groups in total. The molecule has 1 aromatic rings. The molecule has 0 spiro atoms. The van der Waals surface area contributed by atoms with E-state index in [1.807, 2.05) is 26.2 Å². The zero-order chi connectivity index (χ0) is 17.8. The summed E-state index contributed by atoms with van der Waals surface area (Å²) in [5, 5.41) is 3.36. The molecule has 1 rings (SSSR count). The summed E-state index contributed by atoms with van der Waals surface area (Å²) >= 11 is 0. The van der Waals surface area contributed by atoms with Crippen LogP contribution in [-0.4, -0.2) is 63.1 Å². The number of unbranched alkanes of at least 4 members (excludes halogenated alkanes) is 1. The van der Waals surface area contributed by atoms with Crippen molar-refractivity contribution in [2.45, 2.75) is 33.2 Å². The summed E-state index contributed by atoms with van der Waals surface area (Å²) in [6, 6.07) is 8.21. The number of guanidine groups is 1. The monoisotopic (exact) mass is 334 g/mol. The Bertz CT molecular complexity index is 488. The summed E-state index contributed by atoms with van der Waals surface area (Å²) in [5.41, 5.74) is 1.16. The van der Waals surface area contributed by atoms with Gasteiger partial charge in [-0.15, -0.1) is 0 Å². The van der Waals surface area contributed by atoms with E-state index in [1.165, 1.54) is 12.8 Å². The molecule has 0 unspecified atom stereocenters. The van der Waals surface area contributed by atoms with Crippen molar-refractivity contribution in [2.24, 2.45) is 4.99 Å². The number of nitrogens with zero attached hydrogens (tertiary/aromatic N) is 3. The SMILES string of the molecule is CCCCN(C)C(=NCc1cccc(OCCN(C)C)c1)NCC. The predicted octanol–water partition coefficient (Wildman–Crippen LogP) is 2.82. The van der Waals surface area contributed by atoms with Gasteiger partial charge in [0.2, 0.25) is 0 Å². The van der Waals surface area contributed by atoms with Crippen molar-refractivity contribution in [3.05, 3.63) is 29.8 Å². The van der Waals surface area contributed by atoms with Crippen LogP contribution in [0, 0.1) is 0 Å². The van der Waals surface area contributed by atoms with Crippen LogP contribution >= 0.6 is 0 Å². The molecular formula is C19H34N4O. The fraction of sp³-hybridized carbons (Fsp3) is 0.632. The molecule has 0 radical (unpaired) electrons. The Morgan fingerprint density at radius 2 is 1.96 bits per heavy atom. The Morgan fingerprint density at radius 1 is 1.17 bits per heavy atom. The maximum absolute atomic E-state index is 5.80. The first-order valence-corrected chi connectivity index (χ1v) is 8.92. The Morgan fingerprint density at radius 3 is 2.62 bits per heavy atom. The Balaban J connectivity index is 2.64. The van der Waals surface area contributed by atoms with Crippen molar-refractivity contribution in [3.8, 4) is 5.75 Å². The second-order valence-electron chi connectivity index (χ2n) is 6.24. The van der Waals surface area contributed by atoms with Crippen LogP contribution in [0.3, 0.4) is 0 Å². The van der Waals surface area contributed by atoms with Crippen molar-refractivity contribution < 1.29 is 4.74 Å². The van der Waals surface area contributed by atoms with Crippen molar-refractivity contribution in [1.29, 1.82) is 0 Å². The average molecular weight is 335 g/mol. The lowest BCUT2D eigenvalue weighted by Gasteiger charge is -2.21. The van der Waals surface area contributed by atoms with Crippen molar-refractivity contribution in [1.82, 2.24) is 15.1 Å². The molecule has 0 atom stereocenters. The largest absolute Gasteiger partial charge is 0.492 e. The zero-order valence-corrected chi connectivity index (χ0v) is 16.0. The van der Waals surface area contributed by atoms with E-state index >= 15 is 0 Å². The van der Waals surface area contributed by atoms with Gasteiger partial charge in [0.1, 0.15) is 12.4 Å². The van der Waals surface area contributed by atoms with Crippen LogP contribution in [0.5, 0.6) is 5.75 Å². The minimum Gasteiger partial charge on any atom is -0.492 e. The van der Waals surface area contributed by atoms with Gasteiger partial charge >= 0.3 is 0 Å². The minimum atomic E-state index is 0.656. The number of nitrogens with one attached hydrogen (secondary N) is 1. The number of rotatable bonds is 10. The van der Waals surface area contributed by atoms with E-state index in [1.54, 1.807) is 0 Å². The van der Waals surface area contributed by atoms with E-state index in [-0.39, 0.29) is 0 Å². The second-order valence-corrected chi connectivity index (χ2v) is 6.24. The van der Waals surface area contributed by atoms with E-state index in [0.29, 0.717) is 13.2 Å². The van der Waals surface area contributed by atoms with E-state index in [2.05, 4.69) is 48.1 Å². The second kappa shape index (κ2) is 11.7. The Kier molecular flexibility index (Phi) is 9.92. The highest BCUT2D eigenvalue weighted by Crippen LogP contribution is 2.14. The molecule has 0 aliphatic heterocycles. The molecule has 0 amide bonds. The third kappa shape index (κ3) is 8.20. The molecule has 0 fully saturated rings. The summed E-state index contributed by atoms with van der Waals surface area (Å²) in [7, 11) is 6.19. The van der Waals surface area contributed by atoms with Gasteiger partial charge < -0.3 is 19.9 Å². The van der Waals surface area contributed by atoms with Gasteiger partial charge in [0, 0.05) is 26.7 Å². The van der Waals surface area contributed by atoms with E-state index in [4.69, 9.17) is 9.73 Å². The molecule has 24 heavy (non-hydrogen) atoms. The highest BCUT2D eigenvalue weighted by atomic mass is 16.5. The summed E-state index contributed by atoms with van der Waals surface area (Å²) in [6.07, 6.45) is 2.37. The smallest absolute Gasteiger partial charge is 0.193 e. The van der Waals surface area contributed by atoms with Crippen molar-refractivity contribution in [3.63, 3.8) is 0 Å². The van der Waals surface area contributed by atoms with Crippen molar-refractivity contribution in [2.75, 3.05) is 47.4 Å². The molecule has 0 saturated carbocycles. The fourth-order valence-electron chi connectivity index (χ4n) is 2.22. The quantitative estimate of drug-likeness (QED) is 0.528. The van der Waals surface area contributed by atoms with Crippen LogP contribution in [-0.2, 0) is 6.54 Å². The molecule has 0 bridgehead atoms. The third-order valence-electron chi connectivity index (χ3n) is 3.66. The lowest BCUT2D eigenvalue weighted by molar-refractivity contribution is 0.261. The van der Waals surface area contributed by atoms with E-state index in [0.717, 1.165) is 36.9 Å².